The number of carbonyl (C=O) groups is 1. The molecule has 3 aromatic heterocycles. The Bertz CT molecular complexity index is 1290. The lowest BCUT2D eigenvalue weighted by molar-refractivity contribution is -0.140. The zero-order valence-electron chi connectivity index (χ0n) is 20.2. The number of aromatic nitrogens is 5. The van der Waals surface area contributed by atoms with Gasteiger partial charge in [0.2, 0.25) is 11.9 Å². The van der Waals surface area contributed by atoms with Crippen LogP contribution < -0.4 is 10.2 Å². The fourth-order valence-corrected chi connectivity index (χ4v) is 5.74. The van der Waals surface area contributed by atoms with Crippen molar-refractivity contribution in [3.05, 3.63) is 53.9 Å². The van der Waals surface area contributed by atoms with Gasteiger partial charge in [-0.2, -0.15) is 10.1 Å². The molecule has 4 heterocycles. The highest BCUT2D eigenvalue weighted by Gasteiger charge is 2.46. The quantitative estimate of drug-likeness (QED) is 0.583. The highest BCUT2D eigenvalue weighted by Crippen LogP contribution is 2.47. The van der Waals surface area contributed by atoms with E-state index in [2.05, 4.69) is 43.5 Å². The Morgan fingerprint density at radius 2 is 1.97 bits per heavy atom. The van der Waals surface area contributed by atoms with E-state index in [4.69, 9.17) is 10.1 Å². The van der Waals surface area contributed by atoms with Crippen LogP contribution in [0.2, 0.25) is 0 Å². The van der Waals surface area contributed by atoms with Gasteiger partial charge in [0.15, 0.2) is 11.6 Å². The molecule has 0 radical (unpaired) electrons. The molecule has 6 rings (SSSR count). The third-order valence-electron chi connectivity index (χ3n) is 7.60. The van der Waals surface area contributed by atoms with Crippen LogP contribution in [0.3, 0.4) is 0 Å². The molecule has 0 spiro atoms. The third kappa shape index (κ3) is 3.98. The number of amides is 1. The summed E-state index contributed by atoms with van der Waals surface area (Å²) in [5, 5.41) is 15.3. The molecule has 0 aromatic carbocycles. The zero-order valence-corrected chi connectivity index (χ0v) is 20.2. The first-order chi connectivity index (χ1) is 17.1. The van der Waals surface area contributed by atoms with Crippen molar-refractivity contribution in [2.45, 2.75) is 45.4 Å². The third-order valence-corrected chi connectivity index (χ3v) is 7.60. The van der Waals surface area contributed by atoms with Crippen LogP contribution in [0, 0.1) is 12.3 Å². The number of nitrogens with zero attached hydrogens (tertiary/aromatic N) is 6. The minimum absolute atomic E-state index is 0.311. The van der Waals surface area contributed by atoms with Crippen LogP contribution in [-0.2, 0) is 4.79 Å². The maximum absolute atomic E-state index is 13.8. The molecule has 3 aromatic rings. The Labute approximate surface area is 204 Å². The Morgan fingerprint density at radius 3 is 2.69 bits per heavy atom. The smallest absolute Gasteiger partial charge is 0.245 e. The van der Waals surface area contributed by atoms with Crippen molar-refractivity contribution in [3.8, 4) is 0 Å². The summed E-state index contributed by atoms with van der Waals surface area (Å²) in [4.78, 5) is 22.9. The molecule has 0 bridgehead atoms. The van der Waals surface area contributed by atoms with Crippen LogP contribution in [0.4, 0.5) is 17.6 Å². The number of rotatable bonds is 5. The van der Waals surface area contributed by atoms with Crippen LogP contribution in [0.15, 0.2) is 48.2 Å². The number of piperazine rings is 1. The van der Waals surface area contributed by atoms with E-state index in [1.807, 2.05) is 35.8 Å². The van der Waals surface area contributed by atoms with Crippen molar-refractivity contribution in [1.29, 1.82) is 0 Å². The van der Waals surface area contributed by atoms with E-state index in [-0.39, 0.29) is 5.41 Å². The normalized spacial score (nSPS) is 19.9. The van der Waals surface area contributed by atoms with Crippen LogP contribution in [0.25, 0.3) is 5.52 Å². The number of hydrogen-bond acceptors (Lipinski definition) is 6. The highest BCUT2D eigenvalue weighted by atomic mass is 16.2. The molecule has 1 saturated carbocycles. The van der Waals surface area contributed by atoms with E-state index in [0.29, 0.717) is 43.9 Å². The molecule has 2 fully saturated rings. The number of fused-ring (bicyclic) bond motifs is 1. The van der Waals surface area contributed by atoms with E-state index in [0.717, 1.165) is 55.6 Å². The Balaban J connectivity index is 1.20. The number of hydrogen-bond donors (Lipinski definition) is 2. The molecule has 35 heavy (non-hydrogen) atoms. The zero-order chi connectivity index (χ0) is 23.8. The van der Waals surface area contributed by atoms with Gasteiger partial charge >= 0.3 is 0 Å². The Morgan fingerprint density at radius 1 is 1.14 bits per heavy atom. The average molecular weight is 473 g/mol. The van der Waals surface area contributed by atoms with Crippen molar-refractivity contribution in [2.75, 3.05) is 36.4 Å². The van der Waals surface area contributed by atoms with E-state index in [9.17, 15) is 4.79 Å². The molecule has 0 atom stereocenters. The van der Waals surface area contributed by atoms with Gasteiger partial charge in [-0.15, -0.1) is 5.10 Å². The average Bonchev–Trinajstić information content (AvgIpc) is 3.66. The fourth-order valence-electron chi connectivity index (χ4n) is 5.74. The van der Waals surface area contributed by atoms with Crippen LogP contribution in [0.1, 0.15) is 44.2 Å². The first-order valence-corrected chi connectivity index (χ1v) is 12.7. The van der Waals surface area contributed by atoms with Crippen LogP contribution in [-0.4, -0.2) is 61.8 Å². The van der Waals surface area contributed by atoms with Crippen molar-refractivity contribution in [2.24, 2.45) is 5.41 Å². The van der Waals surface area contributed by atoms with E-state index >= 15 is 0 Å². The summed E-state index contributed by atoms with van der Waals surface area (Å²) in [5.74, 6) is 2.40. The number of allylic oxidation sites excluding steroid dienone is 3. The molecule has 182 valence electrons. The van der Waals surface area contributed by atoms with Gasteiger partial charge < -0.3 is 15.1 Å². The Kier molecular flexibility index (Phi) is 5.54. The minimum Gasteiger partial charge on any atom is -0.338 e. The predicted octanol–water partition coefficient (Wildman–Crippen LogP) is 3.99. The molecular formula is C26H32N8O. The molecule has 1 amide bonds. The molecule has 2 aliphatic carbocycles. The van der Waals surface area contributed by atoms with E-state index in [1.54, 1.807) is 0 Å². The standard InChI is InChI=1S/C26H32N8O/c1-19-18-22(30-29-19)27-23-21-10-7-13-34(21)31-25(28-23)33-16-14-32(15-17-33)24(35)26(11-5-6-12-26)20-8-3-2-4-9-20/h3,7-10,13,18H,2,4-6,11-12,14-17H2,1H3,(H2,27,28,29,30,31). The summed E-state index contributed by atoms with van der Waals surface area (Å²) in [7, 11) is 0. The summed E-state index contributed by atoms with van der Waals surface area (Å²) in [5.41, 5.74) is 2.80. The number of H-pyrrole nitrogens is 1. The van der Waals surface area contributed by atoms with Crippen molar-refractivity contribution < 1.29 is 4.79 Å². The van der Waals surface area contributed by atoms with Gasteiger partial charge in [-0.25, -0.2) is 4.52 Å². The lowest BCUT2D eigenvalue weighted by Crippen LogP contribution is -2.53. The van der Waals surface area contributed by atoms with Gasteiger partial charge in [0.1, 0.15) is 5.52 Å². The van der Waals surface area contributed by atoms with E-state index < -0.39 is 0 Å². The second kappa shape index (κ2) is 8.87. The van der Waals surface area contributed by atoms with Gasteiger partial charge in [-0.1, -0.05) is 31.1 Å². The summed E-state index contributed by atoms with van der Waals surface area (Å²) >= 11 is 0. The predicted molar refractivity (Wildman–Crippen MR) is 136 cm³/mol. The first kappa shape index (κ1) is 21.9. The lowest BCUT2D eigenvalue weighted by Gasteiger charge is -2.40. The molecule has 0 unspecified atom stereocenters. The van der Waals surface area contributed by atoms with Gasteiger partial charge in [0.25, 0.3) is 0 Å². The largest absolute Gasteiger partial charge is 0.338 e. The molecule has 1 aliphatic heterocycles. The number of carbonyl (C=O) groups excluding carboxylic acids is 1. The van der Waals surface area contributed by atoms with E-state index in [1.165, 1.54) is 5.57 Å². The summed E-state index contributed by atoms with van der Waals surface area (Å²) < 4.78 is 1.84. The molecule has 9 heteroatoms. The topological polar surface area (TPSA) is 94.5 Å². The molecule has 3 aliphatic rings. The summed E-state index contributed by atoms with van der Waals surface area (Å²) in [6.45, 7) is 4.76. The number of nitrogens with one attached hydrogen (secondary N) is 2. The maximum Gasteiger partial charge on any atom is 0.245 e. The SMILES string of the molecule is Cc1cc(Nc2nc(N3CCN(C(=O)C4(C5=CCCC=C5)CCCC4)CC3)nn3cccc23)n[nH]1. The summed E-state index contributed by atoms with van der Waals surface area (Å²) in [6.07, 6.45) is 15.0. The lowest BCUT2D eigenvalue weighted by atomic mass is 9.75. The minimum atomic E-state index is -0.321. The van der Waals surface area contributed by atoms with Crippen molar-refractivity contribution in [1.82, 2.24) is 29.7 Å². The van der Waals surface area contributed by atoms with Gasteiger partial charge in [-0.3, -0.25) is 9.89 Å². The van der Waals surface area contributed by atoms with Crippen LogP contribution >= 0.6 is 0 Å². The second-order valence-electron chi connectivity index (χ2n) is 9.87. The number of aryl methyl sites for hydroxylation is 1. The molecule has 1 saturated heterocycles. The maximum atomic E-state index is 13.8. The van der Waals surface area contributed by atoms with Gasteiger partial charge in [-0.05, 0) is 50.3 Å². The first-order valence-electron chi connectivity index (χ1n) is 12.7. The van der Waals surface area contributed by atoms with Gasteiger partial charge in [0.05, 0.1) is 5.41 Å². The number of aromatic amines is 1. The fraction of sp³-hybridized carbons (Fsp3) is 0.462. The Hall–Kier alpha value is -3.62. The van der Waals surface area contributed by atoms with Gasteiger partial charge in [0, 0.05) is 44.1 Å². The molecule has 2 N–H and O–H groups in total. The summed E-state index contributed by atoms with van der Waals surface area (Å²) in [6, 6.07) is 5.89. The second-order valence-corrected chi connectivity index (χ2v) is 9.87. The molecular weight excluding hydrogens is 440 g/mol. The van der Waals surface area contributed by atoms with Crippen LogP contribution in [0.5, 0.6) is 0 Å². The monoisotopic (exact) mass is 472 g/mol. The van der Waals surface area contributed by atoms with Crippen molar-refractivity contribution >= 4 is 29.0 Å². The highest BCUT2D eigenvalue weighted by molar-refractivity contribution is 5.87. The molecule has 9 nitrogen and oxygen atoms in total. The van der Waals surface area contributed by atoms with Crippen molar-refractivity contribution in [3.63, 3.8) is 0 Å². The number of anilines is 3.